The van der Waals surface area contributed by atoms with Crippen LogP contribution in [0.3, 0.4) is 0 Å². The van der Waals surface area contributed by atoms with Gasteiger partial charge in [-0.15, -0.1) is 0 Å². The second kappa shape index (κ2) is 7.97. The molecule has 4 rings (SSSR count). The van der Waals surface area contributed by atoms with Crippen LogP contribution in [0.15, 0.2) is 65.1 Å². The summed E-state index contributed by atoms with van der Waals surface area (Å²) < 4.78 is 11.0. The second-order valence-electron chi connectivity index (χ2n) is 6.56. The summed E-state index contributed by atoms with van der Waals surface area (Å²) in [6.07, 6.45) is 0.940. The molecule has 0 spiro atoms. The van der Waals surface area contributed by atoms with Crippen LogP contribution in [-0.4, -0.2) is 18.0 Å². The summed E-state index contributed by atoms with van der Waals surface area (Å²) in [6, 6.07) is 18.3. The van der Waals surface area contributed by atoms with Crippen molar-refractivity contribution < 1.29 is 13.9 Å². The van der Waals surface area contributed by atoms with Crippen LogP contribution in [0, 0.1) is 0 Å². The normalized spacial score (nSPS) is 10.9. The Morgan fingerprint density at radius 1 is 1.14 bits per heavy atom. The number of anilines is 1. The minimum absolute atomic E-state index is 0.267. The summed E-state index contributed by atoms with van der Waals surface area (Å²) in [5, 5.41) is 3.26. The van der Waals surface area contributed by atoms with E-state index in [9.17, 15) is 4.79 Å². The number of hydrogen-bond acceptors (Lipinski definition) is 4. The van der Waals surface area contributed by atoms with E-state index >= 15 is 0 Å². The molecule has 6 heteroatoms. The Morgan fingerprint density at radius 3 is 2.76 bits per heavy atom. The first-order chi connectivity index (χ1) is 14.1. The fraction of sp³-hybridized carbons (Fsp3) is 0.130. The van der Waals surface area contributed by atoms with Crippen molar-refractivity contribution in [3.63, 3.8) is 0 Å². The minimum Gasteiger partial charge on any atom is -0.495 e. The topological polar surface area (TPSA) is 64.4 Å². The van der Waals surface area contributed by atoms with Crippen molar-refractivity contribution in [2.75, 3.05) is 12.4 Å². The summed E-state index contributed by atoms with van der Waals surface area (Å²) in [5.74, 6) is 0.765. The monoisotopic (exact) mass is 406 g/mol. The summed E-state index contributed by atoms with van der Waals surface area (Å²) in [4.78, 5) is 17.2. The van der Waals surface area contributed by atoms with Crippen LogP contribution >= 0.6 is 11.6 Å². The molecule has 0 saturated carbocycles. The van der Waals surface area contributed by atoms with Crippen molar-refractivity contribution in [1.82, 2.24) is 4.98 Å². The van der Waals surface area contributed by atoms with Crippen LogP contribution < -0.4 is 10.1 Å². The Morgan fingerprint density at radius 2 is 2.00 bits per heavy atom. The van der Waals surface area contributed by atoms with Gasteiger partial charge in [0.05, 0.1) is 12.1 Å². The molecule has 0 bridgehead atoms. The molecular weight excluding hydrogens is 388 g/mol. The van der Waals surface area contributed by atoms with Gasteiger partial charge in [-0.2, -0.15) is 0 Å². The highest BCUT2D eigenvalue weighted by Crippen LogP contribution is 2.28. The van der Waals surface area contributed by atoms with Gasteiger partial charge >= 0.3 is 0 Å². The number of rotatable bonds is 5. The van der Waals surface area contributed by atoms with Crippen molar-refractivity contribution in [1.29, 1.82) is 0 Å². The largest absolute Gasteiger partial charge is 0.495 e. The van der Waals surface area contributed by atoms with Gasteiger partial charge in [-0.05, 0) is 60.5 Å². The van der Waals surface area contributed by atoms with Gasteiger partial charge in [-0.1, -0.05) is 30.7 Å². The quantitative estimate of drug-likeness (QED) is 0.443. The van der Waals surface area contributed by atoms with Crippen molar-refractivity contribution >= 4 is 34.3 Å². The van der Waals surface area contributed by atoms with E-state index in [0.717, 1.165) is 23.1 Å². The number of methoxy groups -OCH3 is 1. The molecule has 1 amide bonds. The molecule has 0 fully saturated rings. The van der Waals surface area contributed by atoms with Crippen molar-refractivity contribution in [2.45, 2.75) is 13.3 Å². The third kappa shape index (κ3) is 3.96. The van der Waals surface area contributed by atoms with Gasteiger partial charge in [0.2, 0.25) is 5.89 Å². The Labute approximate surface area is 173 Å². The lowest BCUT2D eigenvalue weighted by molar-refractivity contribution is 0.102. The lowest BCUT2D eigenvalue weighted by Crippen LogP contribution is -2.11. The highest BCUT2D eigenvalue weighted by atomic mass is 35.5. The van der Waals surface area contributed by atoms with E-state index < -0.39 is 0 Å². The van der Waals surface area contributed by atoms with Crippen LogP contribution in [0.4, 0.5) is 5.69 Å². The zero-order chi connectivity index (χ0) is 20.4. The van der Waals surface area contributed by atoms with Gasteiger partial charge in [0.15, 0.2) is 5.58 Å². The molecule has 1 aromatic heterocycles. The molecule has 0 aliphatic rings. The summed E-state index contributed by atoms with van der Waals surface area (Å²) in [6.45, 7) is 2.10. The van der Waals surface area contributed by atoms with Crippen LogP contribution in [0.5, 0.6) is 5.75 Å². The van der Waals surface area contributed by atoms with E-state index in [0.29, 0.717) is 27.9 Å². The van der Waals surface area contributed by atoms with E-state index in [4.69, 9.17) is 20.8 Å². The molecule has 0 radical (unpaired) electrons. The number of halogens is 1. The Hall–Kier alpha value is -3.31. The second-order valence-corrected chi connectivity index (χ2v) is 6.97. The number of fused-ring (bicyclic) bond motifs is 1. The molecule has 146 valence electrons. The molecule has 0 aliphatic carbocycles. The number of carbonyl (C=O) groups is 1. The zero-order valence-corrected chi connectivity index (χ0v) is 16.8. The first kappa shape index (κ1) is 19.0. The molecule has 1 N–H and O–H groups in total. The van der Waals surface area contributed by atoms with Crippen LogP contribution in [0.25, 0.3) is 22.6 Å². The average Bonchev–Trinajstić information content (AvgIpc) is 3.17. The minimum atomic E-state index is -0.267. The summed E-state index contributed by atoms with van der Waals surface area (Å²) in [5.41, 5.74) is 4.62. The lowest BCUT2D eigenvalue weighted by Gasteiger charge is -2.08. The van der Waals surface area contributed by atoms with Gasteiger partial charge in [0, 0.05) is 16.8 Å². The number of nitrogens with zero attached hydrogens (tertiary/aromatic N) is 1. The highest BCUT2D eigenvalue weighted by molar-refractivity contribution is 6.32. The predicted molar refractivity (Wildman–Crippen MR) is 115 cm³/mol. The fourth-order valence-electron chi connectivity index (χ4n) is 3.06. The number of aromatic nitrogens is 1. The smallest absolute Gasteiger partial charge is 0.255 e. The van der Waals surface area contributed by atoms with Crippen molar-refractivity contribution in [3.8, 4) is 17.2 Å². The fourth-order valence-corrected chi connectivity index (χ4v) is 3.31. The number of carbonyl (C=O) groups excluding carboxylic acids is 1. The lowest BCUT2D eigenvalue weighted by atomic mass is 10.1. The standard InChI is InChI=1S/C23H19ClN2O3/c1-3-14-7-9-21-19(11-14)26-23(29-21)16-5-4-6-17(12-16)25-22(27)15-8-10-20(28-2)18(24)13-15/h4-13H,3H2,1-2H3,(H,25,27). The molecular formula is C23H19ClN2O3. The van der Waals surface area contributed by atoms with Crippen LogP contribution in [0.2, 0.25) is 5.02 Å². The number of ether oxygens (including phenoxy) is 1. The maximum absolute atomic E-state index is 12.6. The summed E-state index contributed by atoms with van der Waals surface area (Å²) >= 11 is 6.12. The number of oxazole rings is 1. The molecule has 5 nitrogen and oxygen atoms in total. The summed E-state index contributed by atoms with van der Waals surface area (Å²) in [7, 11) is 1.53. The number of hydrogen-bond donors (Lipinski definition) is 1. The van der Waals surface area contributed by atoms with Crippen LogP contribution in [-0.2, 0) is 6.42 Å². The number of nitrogens with one attached hydrogen (secondary N) is 1. The Bertz CT molecular complexity index is 1200. The van der Waals surface area contributed by atoms with E-state index in [-0.39, 0.29) is 5.91 Å². The molecule has 0 saturated heterocycles. The van der Waals surface area contributed by atoms with E-state index in [1.54, 1.807) is 18.2 Å². The van der Waals surface area contributed by atoms with Crippen LogP contribution in [0.1, 0.15) is 22.8 Å². The highest BCUT2D eigenvalue weighted by Gasteiger charge is 2.12. The first-order valence-electron chi connectivity index (χ1n) is 9.22. The third-order valence-electron chi connectivity index (χ3n) is 4.64. The van der Waals surface area contributed by atoms with Gasteiger partial charge in [0.25, 0.3) is 5.91 Å². The van der Waals surface area contributed by atoms with Gasteiger partial charge < -0.3 is 14.5 Å². The van der Waals surface area contributed by atoms with E-state index in [2.05, 4.69) is 17.2 Å². The first-order valence-corrected chi connectivity index (χ1v) is 9.60. The molecule has 29 heavy (non-hydrogen) atoms. The average molecular weight is 407 g/mol. The maximum Gasteiger partial charge on any atom is 0.255 e. The van der Waals surface area contributed by atoms with Gasteiger partial charge in [-0.25, -0.2) is 4.98 Å². The van der Waals surface area contributed by atoms with Crippen molar-refractivity contribution in [3.05, 3.63) is 76.8 Å². The number of aryl methyl sites for hydroxylation is 1. The Balaban J connectivity index is 1.59. The molecule has 0 atom stereocenters. The third-order valence-corrected chi connectivity index (χ3v) is 4.94. The van der Waals surface area contributed by atoms with E-state index in [1.807, 2.05) is 42.5 Å². The van der Waals surface area contributed by atoms with E-state index in [1.165, 1.54) is 12.7 Å². The zero-order valence-electron chi connectivity index (χ0n) is 16.0. The molecule has 0 unspecified atom stereocenters. The predicted octanol–water partition coefficient (Wildman–Crippen LogP) is 5.97. The number of amides is 1. The van der Waals surface area contributed by atoms with Gasteiger partial charge in [-0.3, -0.25) is 4.79 Å². The number of benzene rings is 3. The SMILES string of the molecule is CCc1ccc2oc(-c3cccc(NC(=O)c4ccc(OC)c(Cl)c4)c3)nc2c1. The molecule has 3 aromatic carbocycles. The van der Waals surface area contributed by atoms with Gasteiger partial charge in [0.1, 0.15) is 11.3 Å². The molecule has 4 aromatic rings. The molecule has 1 heterocycles. The maximum atomic E-state index is 12.6. The van der Waals surface area contributed by atoms with Crippen molar-refractivity contribution in [2.24, 2.45) is 0 Å². The molecule has 0 aliphatic heterocycles. The Kier molecular flexibility index (Phi) is 5.23.